The molecule has 2 aliphatic heterocycles. The predicted molar refractivity (Wildman–Crippen MR) is 96.4 cm³/mol. The summed E-state index contributed by atoms with van der Waals surface area (Å²) in [6.45, 7) is 1.74. The van der Waals surface area contributed by atoms with Crippen LogP contribution >= 0.6 is 0 Å². The standard InChI is InChI=1S/C18H18N2O6S/c21-20(22)15-2-4-16(5-3-15)27(23,24)19-7-6-13-10-17-18(11-14(13)12-19)26-9-1-8-25-17/h2-5,10-11H,1,6-9,12H2. The molecular weight excluding hydrogens is 372 g/mol. The fraction of sp³-hybridized carbons (Fsp3) is 0.333. The lowest BCUT2D eigenvalue weighted by molar-refractivity contribution is -0.384. The van der Waals surface area contributed by atoms with Crippen molar-refractivity contribution in [1.29, 1.82) is 0 Å². The van der Waals surface area contributed by atoms with Crippen LogP contribution < -0.4 is 9.47 Å². The third-order valence-corrected chi connectivity index (χ3v) is 6.59. The Morgan fingerprint density at radius 2 is 1.63 bits per heavy atom. The van der Waals surface area contributed by atoms with Gasteiger partial charge in [0, 0.05) is 31.6 Å². The molecule has 0 unspecified atom stereocenters. The minimum atomic E-state index is -3.74. The van der Waals surface area contributed by atoms with E-state index in [0.29, 0.717) is 37.7 Å². The van der Waals surface area contributed by atoms with Crippen LogP contribution in [0.25, 0.3) is 0 Å². The Balaban J connectivity index is 1.61. The first-order valence-electron chi connectivity index (χ1n) is 8.61. The number of fused-ring (bicyclic) bond motifs is 2. The molecule has 0 atom stereocenters. The Labute approximate surface area is 156 Å². The molecule has 2 heterocycles. The third kappa shape index (κ3) is 3.35. The second-order valence-corrected chi connectivity index (χ2v) is 8.40. The summed E-state index contributed by atoms with van der Waals surface area (Å²) < 4.78 is 38.6. The molecule has 0 fully saturated rings. The number of hydrogen-bond donors (Lipinski definition) is 0. The Morgan fingerprint density at radius 1 is 1.00 bits per heavy atom. The Hall–Kier alpha value is -2.65. The van der Waals surface area contributed by atoms with E-state index in [-0.39, 0.29) is 17.1 Å². The van der Waals surface area contributed by atoms with Crippen molar-refractivity contribution in [1.82, 2.24) is 4.31 Å². The highest BCUT2D eigenvalue weighted by Gasteiger charge is 2.30. The molecule has 2 aromatic rings. The van der Waals surface area contributed by atoms with Gasteiger partial charge in [0.25, 0.3) is 5.69 Å². The molecule has 0 aliphatic carbocycles. The number of nitro benzene ring substituents is 1. The van der Waals surface area contributed by atoms with E-state index in [1.165, 1.54) is 28.6 Å². The summed E-state index contributed by atoms with van der Waals surface area (Å²) >= 11 is 0. The van der Waals surface area contributed by atoms with Crippen LogP contribution in [0, 0.1) is 10.1 Å². The average molecular weight is 390 g/mol. The molecule has 0 amide bonds. The zero-order chi connectivity index (χ0) is 19.0. The molecule has 0 N–H and O–H groups in total. The zero-order valence-electron chi connectivity index (χ0n) is 14.5. The quantitative estimate of drug-likeness (QED) is 0.590. The molecule has 0 aromatic heterocycles. The number of rotatable bonds is 3. The van der Waals surface area contributed by atoms with E-state index in [1.54, 1.807) is 0 Å². The van der Waals surface area contributed by atoms with E-state index in [2.05, 4.69) is 0 Å². The van der Waals surface area contributed by atoms with Gasteiger partial charge in [-0.25, -0.2) is 8.42 Å². The second-order valence-electron chi connectivity index (χ2n) is 6.46. The van der Waals surface area contributed by atoms with Gasteiger partial charge in [0.2, 0.25) is 10.0 Å². The summed E-state index contributed by atoms with van der Waals surface area (Å²) in [5.41, 5.74) is 1.79. The molecule has 2 aliphatic rings. The Kier molecular flexibility index (Phi) is 4.48. The van der Waals surface area contributed by atoms with E-state index < -0.39 is 14.9 Å². The lowest BCUT2D eigenvalue weighted by Gasteiger charge is -2.28. The first-order valence-corrected chi connectivity index (χ1v) is 10.1. The maximum atomic E-state index is 12.9. The number of non-ortho nitro benzene ring substituents is 1. The number of sulfonamides is 1. The van der Waals surface area contributed by atoms with Crippen molar-refractivity contribution in [2.24, 2.45) is 0 Å². The molecule has 0 bridgehead atoms. The molecule has 4 rings (SSSR count). The topological polar surface area (TPSA) is 99.0 Å². The summed E-state index contributed by atoms with van der Waals surface area (Å²) in [6, 6.07) is 8.75. The average Bonchev–Trinajstić information content (AvgIpc) is 2.90. The molecule has 142 valence electrons. The summed E-state index contributed by atoms with van der Waals surface area (Å²) in [4.78, 5) is 10.3. The first kappa shape index (κ1) is 17.7. The molecule has 9 heteroatoms. The van der Waals surface area contributed by atoms with E-state index in [4.69, 9.17) is 9.47 Å². The van der Waals surface area contributed by atoms with Crippen LogP contribution in [-0.4, -0.2) is 37.4 Å². The lowest BCUT2D eigenvalue weighted by atomic mass is 10.0. The van der Waals surface area contributed by atoms with Crippen LogP contribution in [0.4, 0.5) is 5.69 Å². The molecule has 2 aromatic carbocycles. The van der Waals surface area contributed by atoms with Crippen molar-refractivity contribution in [2.75, 3.05) is 19.8 Å². The number of nitro groups is 1. The zero-order valence-corrected chi connectivity index (χ0v) is 15.3. The summed E-state index contributed by atoms with van der Waals surface area (Å²) in [5, 5.41) is 10.8. The van der Waals surface area contributed by atoms with E-state index in [9.17, 15) is 18.5 Å². The molecule has 27 heavy (non-hydrogen) atoms. The van der Waals surface area contributed by atoms with Crippen LogP contribution in [0.1, 0.15) is 17.5 Å². The lowest BCUT2D eigenvalue weighted by Crippen LogP contribution is -2.36. The molecule has 0 saturated carbocycles. The summed E-state index contributed by atoms with van der Waals surface area (Å²) in [5.74, 6) is 1.35. The van der Waals surface area contributed by atoms with Gasteiger partial charge in [-0.3, -0.25) is 10.1 Å². The predicted octanol–water partition coefficient (Wildman–Crippen LogP) is 2.50. The van der Waals surface area contributed by atoms with Gasteiger partial charge < -0.3 is 9.47 Å². The van der Waals surface area contributed by atoms with Crippen molar-refractivity contribution < 1.29 is 22.8 Å². The Morgan fingerprint density at radius 3 is 2.26 bits per heavy atom. The molecule has 0 saturated heterocycles. The third-order valence-electron chi connectivity index (χ3n) is 4.73. The molecule has 0 spiro atoms. The number of hydrogen-bond acceptors (Lipinski definition) is 6. The van der Waals surface area contributed by atoms with Crippen molar-refractivity contribution in [3.63, 3.8) is 0 Å². The second kappa shape index (κ2) is 6.82. The van der Waals surface area contributed by atoms with Gasteiger partial charge >= 0.3 is 0 Å². The van der Waals surface area contributed by atoms with E-state index in [1.807, 2.05) is 12.1 Å². The van der Waals surface area contributed by atoms with Gasteiger partial charge in [-0.15, -0.1) is 0 Å². The smallest absolute Gasteiger partial charge is 0.269 e. The fourth-order valence-corrected chi connectivity index (χ4v) is 4.70. The largest absolute Gasteiger partial charge is 0.490 e. The van der Waals surface area contributed by atoms with Crippen molar-refractivity contribution >= 4 is 15.7 Å². The van der Waals surface area contributed by atoms with Crippen molar-refractivity contribution in [3.05, 3.63) is 57.6 Å². The highest BCUT2D eigenvalue weighted by Crippen LogP contribution is 2.36. The maximum Gasteiger partial charge on any atom is 0.269 e. The molecule has 8 nitrogen and oxygen atoms in total. The van der Waals surface area contributed by atoms with Crippen LogP contribution in [0.15, 0.2) is 41.3 Å². The molecule has 0 radical (unpaired) electrons. The van der Waals surface area contributed by atoms with Crippen LogP contribution in [0.3, 0.4) is 0 Å². The van der Waals surface area contributed by atoms with Crippen molar-refractivity contribution in [3.8, 4) is 11.5 Å². The van der Waals surface area contributed by atoms with Crippen molar-refractivity contribution in [2.45, 2.75) is 24.3 Å². The van der Waals surface area contributed by atoms with Gasteiger partial charge in [0.05, 0.1) is 23.0 Å². The highest BCUT2D eigenvalue weighted by molar-refractivity contribution is 7.89. The fourth-order valence-electron chi connectivity index (χ4n) is 3.28. The van der Waals surface area contributed by atoms with E-state index >= 15 is 0 Å². The molecular formula is C18H18N2O6S. The minimum Gasteiger partial charge on any atom is -0.490 e. The van der Waals surface area contributed by atoms with Gasteiger partial charge in [0.15, 0.2) is 11.5 Å². The monoisotopic (exact) mass is 390 g/mol. The normalized spacial score (nSPS) is 17.0. The number of nitrogens with zero attached hydrogens (tertiary/aromatic N) is 2. The van der Waals surface area contributed by atoms with Gasteiger partial charge in [0.1, 0.15) is 0 Å². The summed E-state index contributed by atoms with van der Waals surface area (Å²) in [7, 11) is -3.74. The first-order chi connectivity index (χ1) is 12.9. The van der Waals surface area contributed by atoms with Crippen LogP contribution in [0.2, 0.25) is 0 Å². The number of benzene rings is 2. The van der Waals surface area contributed by atoms with Gasteiger partial charge in [-0.2, -0.15) is 4.31 Å². The summed E-state index contributed by atoms with van der Waals surface area (Å²) in [6.07, 6.45) is 1.37. The Bertz CT molecular complexity index is 988. The number of ether oxygens (including phenoxy) is 2. The van der Waals surface area contributed by atoms with E-state index in [0.717, 1.165) is 17.5 Å². The highest BCUT2D eigenvalue weighted by atomic mass is 32.2. The maximum absolute atomic E-state index is 12.9. The van der Waals surface area contributed by atoms with Gasteiger partial charge in [-0.1, -0.05) is 0 Å². The minimum absolute atomic E-state index is 0.0471. The van der Waals surface area contributed by atoms with Crippen LogP contribution in [0.5, 0.6) is 11.5 Å². The van der Waals surface area contributed by atoms with Crippen LogP contribution in [-0.2, 0) is 23.0 Å². The van der Waals surface area contributed by atoms with Gasteiger partial charge in [-0.05, 0) is 41.8 Å². The SMILES string of the molecule is O=[N+]([O-])c1ccc(S(=O)(=O)N2CCc3cc4c(cc3C2)OCCCO4)cc1.